The van der Waals surface area contributed by atoms with Crippen LogP contribution in [0.4, 0.5) is 10.5 Å². The molecule has 0 aliphatic rings. The minimum Gasteiger partial charge on any atom is -0.360 e. The predicted molar refractivity (Wildman–Crippen MR) is 98.2 cm³/mol. The molecule has 3 amide bonds. The van der Waals surface area contributed by atoms with E-state index in [1.165, 1.54) is 11.3 Å². The van der Waals surface area contributed by atoms with Gasteiger partial charge in [0.05, 0.1) is 16.3 Å². The fourth-order valence-corrected chi connectivity index (χ4v) is 3.00. The molecule has 3 rings (SSSR count). The van der Waals surface area contributed by atoms with E-state index in [0.717, 1.165) is 5.01 Å². The zero-order valence-electron chi connectivity index (χ0n) is 13.8. The van der Waals surface area contributed by atoms with Gasteiger partial charge in [-0.2, -0.15) is 0 Å². The number of aryl methyl sites for hydroxylation is 2. The Bertz CT molecular complexity index is 968. The van der Waals surface area contributed by atoms with Crippen molar-refractivity contribution in [3.63, 3.8) is 0 Å². The highest BCUT2D eigenvalue weighted by Crippen LogP contribution is 2.28. The van der Waals surface area contributed by atoms with Crippen molar-refractivity contribution in [3.8, 4) is 11.3 Å². The van der Waals surface area contributed by atoms with Crippen LogP contribution in [0.25, 0.3) is 11.3 Å². The van der Waals surface area contributed by atoms with E-state index in [-0.39, 0.29) is 5.69 Å². The maximum atomic E-state index is 12.3. The number of carbonyl (C=O) groups excluding carboxylic acids is 2. The SMILES string of the molecule is Cc1nc(-c2c(C(=O)NNC(=O)Nc3cccc(Cl)c3)noc2C)cs1. The first-order valence-electron chi connectivity index (χ1n) is 7.45. The molecule has 0 radical (unpaired) electrons. The number of benzene rings is 1. The lowest BCUT2D eigenvalue weighted by atomic mass is 10.1. The number of hydrazine groups is 1. The third-order valence-electron chi connectivity index (χ3n) is 3.33. The quantitative estimate of drug-likeness (QED) is 0.591. The van der Waals surface area contributed by atoms with E-state index in [1.807, 2.05) is 12.3 Å². The molecule has 26 heavy (non-hydrogen) atoms. The monoisotopic (exact) mass is 391 g/mol. The molecule has 3 N–H and O–H groups in total. The Kier molecular flexibility index (Phi) is 5.19. The Hall–Kier alpha value is -2.91. The van der Waals surface area contributed by atoms with Crippen molar-refractivity contribution in [1.29, 1.82) is 0 Å². The molecule has 8 nitrogen and oxygen atoms in total. The van der Waals surface area contributed by atoms with Crippen LogP contribution >= 0.6 is 22.9 Å². The van der Waals surface area contributed by atoms with Crippen molar-refractivity contribution in [2.45, 2.75) is 13.8 Å². The normalized spacial score (nSPS) is 10.4. The number of thiazole rings is 1. The summed E-state index contributed by atoms with van der Waals surface area (Å²) in [7, 11) is 0. The fraction of sp³-hybridized carbons (Fsp3) is 0.125. The standard InChI is InChI=1S/C16H14ClN5O3S/c1-8-13(12-7-26-9(2)18-12)14(22-25-8)15(23)20-21-16(24)19-11-5-3-4-10(17)6-11/h3-7H,1-2H3,(H,20,23)(H2,19,21,24). The van der Waals surface area contributed by atoms with Crippen molar-refractivity contribution in [2.24, 2.45) is 0 Å². The molecule has 0 unspecified atom stereocenters. The van der Waals surface area contributed by atoms with Crippen LogP contribution in [-0.2, 0) is 0 Å². The second-order valence-electron chi connectivity index (χ2n) is 5.26. The number of nitrogens with zero attached hydrogens (tertiary/aromatic N) is 2. The summed E-state index contributed by atoms with van der Waals surface area (Å²) in [6, 6.07) is 5.98. The second-order valence-corrected chi connectivity index (χ2v) is 6.76. The van der Waals surface area contributed by atoms with E-state index in [4.69, 9.17) is 16.1 Å². The number of nitrogens with one attached hydrogen (secondary N) is 3. The van der Waals surface area contributed by atoms with Gasteiger partial charge in [-0.15, -0.1) is 11.3 Å². The zero-order chi connectivity index (χ0) is 18.7. The molecule has 0 saturated carbocycles. The topological polar surface area (TPSA) is 109 Å². The molecular weight excluding hydrogens is 378 g/mol. The van der Waals surface area contributed by atoms with E-state index >= 15 is 0 Å². The van der Waals surface area contributed by atoms with E-state index in [9.17, 15) is 9.59 Å². The Labute approximate surface area is 157 Å². The van der Waals surface area contributed by atoms with Gasteiger partial charge in [0.2, 0.25) is 0 Å². The first kappa shape index (κ1) is 17.9. The van der Waals surface area contributed by atoms with E-state index < -0.39 is 11.9 Å². The van der Waals surface area contributed by atoms with Gasteiger partial charge in [0.15, 0.2) is 5.69 Å². The van der Waals surface area contributed by atoms with Crippen LogP contribution in [0.1, 0.15) is 21.3 Å². The Morgan fingerprint density at radius 1 is 1.23 bits per heavy atom. The summed E-state index contributed by atoms with van der Waals surface area (Å²) >= 11 is 7.30. The van der Waals surface area contributed by atoms with E-state index in [2.05, 4.69) is 26.3 Å². The number of hydrogen-bond donors (Lipinski definition) is 3. The maximum Gasteiger partial charge on any atom is 0.337 e. The van der Waals surface area contributed by atoms with Gasteiger partial charge in [0.25, 0.3) is 5.91 Å². The van der Waals surface area contributed by atoms with Crippen LogP contribution in [0.5, 0.6) is 0 Å². The van der Waals surface area contributed by atoms with E-state index in [1.54, 1.807) is 31.2 Å². The molecule has 0 atom stereocenters. The molecule has 2 aromatic heterocycles. The molecule has 1 aromatic carbocycles. The highest BCUT2D eigenvalue weighted by Gasteiger charge is 2.23. The summed E-state index contributed by atoms with van der Waals surface area (Å²) in [5, 5.41) is 9.45. The molecule has 0 aliphatic heterocycles. The van der Waals surface area contributed by atoms with Crippen molar-refractivity contribution >= 4 is 40.6 Å². The lowest BCUT2D eigenvalue weighted by Crippen LogP contribution is -2.44. The Balaban J connectivity index is 1.66. The van der Waals surface area contributed by atoms with Crippen molar-refractivity contribution in [3.05, 3.63) is 51.1 Å². The predicted octanol–water partition coefficient (Wildman–Crippen LogP) is 3.53. The Morgan fingerprint density at radius 2 is 2.04 bits per heavy atom. The van der Waals surface area contributed by atoms with Crippen molar-refractivity contribution in [1.82, 2.24) is 21.0 Å². The molecule has 3 aromatic rings. The first-order valence-corrected chi connectivity index (χ1v) is 8.71. The summed E-state index contributed by atoms with van der Waals surface area (Å²) in [4.78, 5) is 28.6. The molecule has 134 valence electrons. The fourth-order valence-electron chi connectivity index (χ4n) is 2.21. The van der Waals surface area contributed by atoms with Crippen LogP contribution in [0.15, 0.2) is 34.2 Å². The molecule has 10 heteroatoms. The van der Waals surface area contributed by atoms with Gasteiger partial charge in [-0.25, -0.2) is 15.2 Å². The highest BCUT2D eigenvalue weighted by atomic mass is 35.5. The molecule has 2 heterocycles. The second kappa shape index (κ2) is 7.54. The van der Waals surface area contributed by atoms with Crippen LogP contribution in [0.2, 0.25) is 5.02 Å². The van der Waals surface area contributed by atoms with Gasteiger partial charge in [0.1, 0.15) is 5.76 Å². The van der Waals surface area contributed by atoms with E-state index in [0.29, 0.717) is 27.7 Å². The number of amides is 3. The number of urea groups is 1. The summed E-state index contributed by atoms with van der Waals surface area (Å²) in [6.45, 7) is 3.55. The molecule has 0 spiro atoms. The minimum absolute atomic E-state index is 0.0378. The van der Waals surface area contributed by atoms with Crippen LogP contribution < -0.4 is 16.2 Å². The zero-order valence-corrected chi connectivity index (χ0v) is 15.4. The van der Waals surface area contributed by atoms with Crippen LogP contribution in [-0.4, -0.2) is 22.1 Å². The van der Waals surface area contributed by atoms with Crippen LogP contribution in [0.3, 0.4) is 0 Å². The highest BCUT2D eigenvalue weighted by molar-refractivity contribution is 7.09. The summed E-state index contributed by atoms with van der Waals surface area (Å²) < 4.78 is 5.11. The average Bonchev–Trinajstić information content (AvgIpc) is 3.18. The Morgan fingerprint density at radius 3 is 2.73 bits per heavy atom. The largest absolute Gasteiger partial charge is 0.360 e. The maximum absolute atomic E-state index is 12.3. The molecule has 0 aliphatic carbocycles. The molecule has 0 saturated heterocycles. The summed E-state index contributed by atoms with van der Waals surface area (Å²) in [6.07, 6.45) is 0. The number of anilines is 1. The van der Waals surface area contributed by atoms with Gasteiger partial charge in [-0.1, -0.05) is 22.8 Å². The van der Waals surface area contributed by atoms with Gasteiger partial charge in [0, 0.05) is 16.1 Å². The van der Waals surface area contributed by atoms with Crippen molar-refractivity contribution in [2.75, 3.05) is 5.32 Å². The number of carbonyl (C=O) groups is 2. The summed E-state index contributed by atoms with van der Waals surface area (Å²) in [5.41, 5.74) is 6.14. The van der Waals surface area contributed by atoms with Gasteiger partial charge < -0.3 is 9.84 Å². The summed E-state index contributed by atoms with van der Waals surface area (Å²) in [5.74, 6) is -0.160. The smallest absolute Gasteiger partial charge is 0.337 e. The number of halogens is 1. The van der Waals surface area contributed by atoms with Gasteiger partial charge >= 0.3 is 6.03 Å². The molecule has 0 fully saturated rings. The molecular formula is C16H14ClN5O3S. The number of rotatable bonds is 3. The molecule has 0 bridgehead atoms. The lowest BCUT2D eigenvalue weighted by molar-refractivity contribution is 0.0929. The van der Waals surface area contributed by atoms with Gasteiger partial charge in [-0.3, -0.25) is 10.2 Å². The number of aromatic nitrogens is 2. The first-order chi connectivity index (χ1) is 12.4. The number of hydrogen-bond acceptors (Lipinski definition) is 6. The third-order valence-corrected chi connectivity index (χ3v) is 4.33. The lowest BCUT2D eigenvalue weighted by Gasteiger charge is -2.08. The van der Waals surface area contributed by atoms with Crippen LogP contribution in [0, 0.1) is 13.8 Å². The third kappa shape index (κ3) is 4.01. The minimum atomic E-state index is -0.633. The van der Waals surface area contributed by atoms with Crippen molar-refractivity contribution < 1.29 is 14.1 Å². The van der Waals surface area contributed by atoms with Gasteiger partial charge in [-0.05, 0) is 32.0 Å². The average molecular weight is 392 g/mol.